The van der Waals surface area contributed by atoms with Crippen molar-refractivity contribution in [1.29, 1.82) is 0 Å². The number of nitrogens with two attached hydrogens (primary N) is 1. The molecule has 0 unspecified atom stereocenters. The molecular weight excluding hydrogens is 358 g/mol. The van der Waals surface area contributed by atoms with Gasteiger partial charge in [-0.15, -0.1) is 0 Å². The molecule has 2 rings (SSSR count). The minimum Gasteiger partial charge on any atom is -0.550 e. The van der Waals surface area contributed by atoms with Crippen molar-refractivity contribution in [3.8, 4) is 0 Å². The van der Waals surface area contributed by atoms with Gasteiger partial charge in [0.1, 0.15) is 0 Å². The standard InChI is InChI=1S/C21H37N3O4/c1-21(2,3)13-18(25)24-11-7-16(12-19(26)27)17(14-24)6-10-23-8-4-15(5-9-23)20(22)28/h15-17H,4-14H2,1-3H3,(H2,22,28)(H,26,27)/t16-,17-/m0/s1. The van der Waals surface area contributed by atoms with Crippen molar-refractivity contribution in [2.24, 2.45) is 28.9 Å². The minimum absolute atomic E-state index is 0.00484. The lowest BCUT2D eigenvalue weighted by Gasteiger charge is -2.40. The first-order valence-corrected chi connectivity index (χ1v) is 10.7. The highest BCUT2D eigenvalue weighted by Gasteiger charge is 2.34. The van der Waals surface area contributed by atoms with Crippen molar-refractivity contribution in [3.05, 3.63) is 0 Å². The Morgan fingerprint density at radius 2 is 1.75 bits per heavy atom. The summed E-state index contributed by atoms with van der Waals surface area (Å²) in [7, 11) is 0. The predicted octanol–water partition coefficient (Wildman–Crippen LogP) is -0.802. The van der Waals surface area contributed by atoms with E-state index in [-0.39, 0.29) is 41.4 Å². The molecule has 0 aromatic rings. The monoisotopic (exact) mass is 395 g/mol. The molecule has 0 saturated carbocycles. The van der Waals surface area contributed by atoms with Crippen LogP contribution in [0.3, 0.4) is 0 Å². The number of hydrogen-bond acceptors (Lipinski definition) is 4. The second kappa shape index (κ2) is 9.72. The van der Waals surface area contributed by atoms with Gasteiger partial charge in [-0.05, 0) is 30.1 Å². The highest BCUT2D eigenvalue weighted by molar-refractivity contribution is 5.77. The lowest BCUT2D eigenvalue weighted by Crippen LogP contribution is -3.13. The number of primary amides is 1. The molecule has 0 aromatic carbocycles. The zero-order chi connectivity index (χ0) is 20.9. The van der Waals surface area contributed by atoms with Gasteiger partial charge in [0.25, 0.3) is 0 Å². The molecule has 160 valence electrons. The smallest absolute Gasteiger partial charge is 0.223 e. The Morgan fingerprint density at radius 3 is 2.29 bits per heavy atom. The highest BCUT2D eigenvalue weighted by atomic mass is 16.4. The third kappa shape index (κ3) is 7.08. The first-order chi connectivity index (χ1) is 13.0. The van der Waals surface area contributed by atoms with Crippen LogP contribution in [0.15, 0.2) is 0 Å². The number of piperidine rings is 2. The SMILES string of the molecule is CC(C)(C)CC(=O)N1CC[C@@H](CC(=O)[O-])[C@@H](CC[NH+]2CCC(C(N)=O)CC2)C1. The Labute approximate surface area is 168 Å². The Morgan fingerprint density at radius 1 is 1.11 bits per heavy atom. The summed E-state index contributed by atoms with van der Waals surface area (Å²) in [6.07, 6.45) is 3.87. The van der Waals surface area contributed by atoms with E-state index in [0.717, 1.165) is 45.3 Å². The first-order valence-electron chi connectivity index (χ1n) is 10.7. The maximum absolute atomic E-state index is 12.6. The van der Waals surface area contributed by atoms with Crippen LogP contribution < -0.4 is 15.7 Å². The third-order valence-corrected chi connectivity index (χ3v) is 6.32. The molecule has 7 heteroatoms. The van der Waals surface area contributed by atoms with Gasteiger partial charge in [-0.1, -0.05) is 20.8 Å². The molecule has 0 radical (unpaired) electrons. The molecule has 2 heterocycles. The summed E-state index contributed by atoms with van der Waals surface area (Å²) in [5, 5.41) is 11.2. The van der Waals surface area contributed by atoms with E-state index < -0.39 is 5.97 Å². The summed E-state index contributed by atoms with van der Waals surface area (Å²) in [4.78, 5) is 38.5. The number of nitrogens with one attached hydrogen (secondary N) is 1. The van der Waals surface area contributed by atoms with Gasteiger partial charge in [0.15, 0.2) is 0 Å². The number of likely N-dealkylation sites (tertiary alicyclic amines) is 2. The fourth-order valence-corrected chi connectivity index (χ4v) is 4.63. The second-order valence-corrected chi connectivity index (χ2v) is 9.93. The average molecular weight is 396 g/mol. The van der Waals surface area contributed by atoms with E-state index in [1.807, 2.05) is 4.90 Å². The van der Waals surface area contributed by atoms with Crippen molar-refractivity contribution in [2.75, 3.05) is 32.7 Å². The highest BCUT2D eigenvalue weighted by Crippen LogP contribution is 2.30. The number of carbonyl (C=O) groups is 3. The Balaban J connectivity index is 1.91. The van der Waals surface area contributed by atoms with E-state index in [2.05, 4.69) is 20.8 Å². The molecular formula is C21H37N3O4. The van der Waals surface area contributed by atoms with Crippen LogP contribution in [0, 0.1) is 23.2 Å². The van der Waals surface area contributed by atoms with Crippen LogP contribution in [-0.2, 0) is 14.4 Å². The summed E-state index contributed by atoms with van der Waals surface area (Å²) in [6.45, 7) is 10.3. The number of carboxylic acid groups (broad SMARTS) is 1. The molecule has 0 aliphatic carbocycles. The number of nitrogens with zero attached hydrogens (tertiary/aromatic N) is 1. The van der Waals surface area contributed by atoms with Gasteiger partial charge in [0.2, 0.25) is 11.8 Å². The maximum atomic E-state index is 12.6. The van der Waals surface area contributed by atoms with Crippen molar-refractivity contribution in [3.63, 3.8) is 0 Å². The van der Waals surface area contributed by atoms with E-state index in [9.17, 15) is 19.5 Å². The van der Waals surface area contributed by atoms with Gasteiger partial charge in [0.05, 0.1) is 19.6 Å². The number of amides is 2. The van der Waals surface area contributed by atoms with Crippen molar-refractivity contribution in [1.82, 2.24) is 4.90 Å². The van der Waals surface area contributed by atoms with Crippen molar-refractivity contribution >= 4 is 17.8 Å². The largest absolute Gasteiger partial charge is 0.550 e. The van der Waals surface area contributed by atoms with E-state index >= 15 is 0 Å². The van der Waals surface area contributed by atoms with E-state index in [1.165, 1.54) is 4.90 Å². The number of aliphatic carboxylic acids is 1. The molecule has 2 atom stereocenters. The molecule has 0 aromatic heterocycles. The normalized spacial score (nSPS) is 28.8. The fraction of sp³-hybridized carbons (Fsp3) is 0.857. The quantitative estimate of drug-likeness (QED) is 0.588. The maximum Gasteiger partial charge on any atom is 0.223 e. The fourth-order valence-electron chi connectivity index (χ4n) is 4.63. The topological polar surface area (TPSA) is 108 Å². The summed E-state index contributed by atoms with van der Waals surface area (Å²) >= 11 is 0. The number of rotatable bonds is 7. The summed E-state index contributed by atoms with van der Waals surface area (Å²) < 4.78 is 0. The van der Waals surface area contributed by atoms with Crippen molar-refractivity contribution < 1.29 is 24.4 Å². The average Bonchev–Trinajstić information content (AvgIpc) is 2.59. The van der Waals surface area contributed by atoms with Crippen molar-refractivity contribution in [2.45, 2.75) is 59.3 Å². The van der Waals surface area contributed by atoms with Gasteiger partial charge in [0, 0.05) is 50.7 Å². The minimum atomic E-state index is -1.00. The molecule has 3 N–H and O–H groups in total. The number of carboxylic acids is 1. The van der Waals surface area contributed by atoms with Crippen LogP contribution >= 0.6 is 0 Å². The third-order valence-electron chi connectivity index (χ3n) is 6.32. The zero-order valence-corrected chi connectivity index (χ0v) is 17.7. The Hall–Kier alpha value is -1.63. The molecule has 0 bridgehead atoms. The predicted molar refractivity (Wildman–Crippen MR) is 104 cm³/mol. The van der Waals surface area contributed by atoms with E-state index in [4.69, 9.17) is 5.73 Å². The van der Waals surface area contributed by atoms with Crippen LogP contribution in [0.1, 0.15) is 59.3 Å². The van der Waals surface area contributed by atoms with Gasteiger partial charge in [-0.2, -0.15) is 0 Å². The number of quaternary nitrogens is 1. The van der Waals surface area contributed by atoms with Crippen LogP contribution in [0.5, 0.6) is 0 Å². The van der Waals surface area contributed by atoms with E-state index in [0.29, 0.717) is 19.5 Å². The molecule has 2 aliphatic heterocycles. The summed E-state index contributed by atoms with van der Waals surface area (Å²) in [5.74, 6) is -0.774. The van der Waals surface area contributed by atoms with E-state index in [1.54, 1.807) is 0 Å². The first kappa shape index (κ1) is 22.7. The molecule has 2 aliphatic rings. The Kier molecular flexibility index (Phi) is 7.87. The van der Waals surface area contributed by atoms with Gasteiger partial charge < -0.3 is 25.4 Å². The zero-order valence-electron chi connectivity index (χ0n) is 17.7. The molecule has 28 heavy (non-hydrogen) atoms. The number of carbonyl (C=O) groups excluding carboxylic acids is 3. The molecule has 0 spiro atoms. The van der Waals surface area contributed by atoms with Crippen LogP contribution in [0.2, 0.25) is 0 Å². The van der Waals surface area contributed by atoms with Gasteiger partial charge >= 0.3 is 0 Å². The number of hydrogen-bond donors (Lipinski definition) is 2. The summed E-state index contributed by atoms with van der Waals surface area (Å²) in [5.41, 5.74) is 5.36. The summed E-state index contributed by atoms with van der Waals surface area (Å²) in [6, 6.07) is 0. The van der Waals surface area contributed by atoms with Gasteiger partial charge in [-0.3, -0.25) is 9.59 Å². The Bertz CT molecular complexity index is 564. The second-order valence-electron chi connectivity index (χ2n) is 9.93. The lowest BCUT2D eigenvalue weighted by molar-refractivity contribution is -0.906. The molecule has 2 saturated heterocycles. The van der Waals surface area contributed by atoms with Crippen LogP contribution in [0.25, 0.3) is 0 Å². The molecule has 2 amide bonds. The molecule has 7 nitrogen and oxygen atoms in total. The molecule has 2 fully saturated rings. The van der Waals surface area contributed by atoms with Crippen LogP contribution in [-0.4, -0.2) is 55.4 Å². The lowest BCUT2D eigenvalue weighted by atomic mass is 9.80. The van der Waals surface area contributed by atoms with Crippen LogP contribution in [0.4, 0.5) is 0 Å². The van der Waals surface area contributed by atoms with Gasteiger partial charge in [-0.25, -0.2) is 0 Å².